The van der Waals surface area contributed by atoms with Gasteiger partial charge in [0.15, 0.2) is 0 Å². The van der Waals surface area contributed by atoms with Gasteiger partial charge in [-0.15, -0.1) is 0 Å². The summed E-state index contributed by atoms with van der Waals surface area (Å²) < 4.78 is 0.419. The van der Waals surface area contributed by atoms with Crippen molar-refractivity contribution >= 4 is 27.8 Å². The number of amides is 1. The minimum absolute atomic E-state index is 0.353. The molecule has 5 nitrogen and oxygen atoms in total. The molecule has 0 aliphatic heterocycles. The normalized spacial score (nSPS) is 26.0. The van der Waals surface area contributed by atoms with E-state index in [4.69, 9.17) is 0 Å². The van der Waals surface area contributed by atoms with Crippen molar-refractivity contribution in [2.75, 3.05) is 0 Å². The molecule has 1 saturated carbocycles. The van der Waals surface area contributed by atoms with Crippen LogP contribution in [-0.4, -0.2) is 27.5 Å². The largest absolute Gasteiger partial charge is 0.480 e. The summed E-state index contributed by atoms with van der Waals surface area (Å²) >= 11 is 3.21. The zero-order valence-electron chi connectivity index (χ0n) is 11.2. The van der Waals surface area contributed by atoms with E-state index < -0.39 is 17.4 Å². The highest BCUT2D eigenvalue weighted by molar-refractivity contribution is 9.10. The van der Waals surface area contributed by atoms with Crippen molar-refractivity contribution in [3.05, 3.63) is 28.5 Å². The highest BCUT2D eigenvalue weighted by Gasteiger charge is 2.42. The van der Waals surface area contributed by atoms with Crippen LogP contribution in [0.15, 0.2) is 22.9 Å². The number of aromatic nitrogens is 1. The van der Waals surface area contributed by atoms with Crippen molar-refractivity contribution in [1.29, 1.82) is 0 Å². The molecule has 0 saturated heterocycles. The Labute approximate surface area is 125 Å². The molecule has 1 amide bonds. The number of nitrogens with zero attached hydrogens (tertiary/aromatic N) is 1. The maximum absolute atomic E-state index is 12.3. The fourth-order valence-corrected chi connectivity index (χ4v) is 2.92. The molecule has 2 rings (SSSR count). The van der Waals surface area contributed by atoms with Gasteiger partial charge < -0.3 is 10.4 Å². The molecule has 1 aromatic heterocycles. The smallest absolute Gasteiger partial charge is 0.329 e. The zero-order valence-corrected chi connectivity index (χ0v) is 12.8. The molecular weight excluding hydrogens is 324 g/mol. The first-order chi connectivity index (χ1) is 9.44. The van der Waals surface area contributed by atoms with Gasteiger partial charge in [-0.2, -0.15) is 0 Å². The third kappa shape index (κ3) is 3.00. The lowest BCUT2D eigenvalue weighted by atomic mass is 9.77. The minimum Gasteiger partial charge on any atom is -0.480 e. The van der Waals surface area contributed by atoms with Crippen molar-refractivity contribution in [3.8, 4) is 0 Å². The number of rotatable bonds is 3. The molecule has 0 spiro atoms. The van der Waals surface area contributed by atoms with Gasteiger partial charge in [0.1, 0.15) is 10.1 Å². The second-order valence-corrected chi connectivity index (χ2v) is 6.12. The fourth-order valence-electron chi connectivity index (χ4n) is 2.49. The van der Waals surface area contributed by atoms with Crippen LogP contribution < -0.4 is 5.32 Å². The summed E-state index contributed by atoms with van der Waals surface area (Å²) in [4.78, 5) is 27.9. The average Bonchev–Trinajstić information content (AvgIpc) is 2.41. The van der Waals surface area contributed by atoms with Gasteiger partial charge >= 0.3 is 5.97 Å². The van der Waals surface area contributed by atoms with Gasteiger partial charge in [0.05, 0.1) is 5.56 Å². The van der Waals surface area contributed by atoms with Crippen molar-refractivity contribution < 1.29 is 14.7 Å². The van der Waals surface area contributed by atoms with Crippen LogP contribution in [-0.2, 0) is 4.79 Å². The molecule has 1 aliphatic rings. The van der Waals surface area contributed by atoms with Crippen LogP contribution in [0.4, 0.5) is 0 Å². The number of pyridine rings is 1. The van der Waals surface area contributed by atoms with E-state index in [2.05, 4.69) is 33.2 Å². The van der Waals surface area contributed by atoms with E-state index >= 15 is 0 Å². The van der Waals surface area contributed by atoms with Crippen molar-refractivity contribution in [1.82, 2.24) is 10.3 Å². The molecule has 0 radical (unpaired) electrons. The Balaban J connectivity index is 2.19. The highest BCUT2D eigenvalue weighted by atomic mass is 79.9. The molecule has 1 fully saturated rings. The maximum Gasteiger partial charge on any atom is 0.329 e. The average molecular weight is 341 g/mol. The topological polar surface area (TPSA) is 79.3 Å². The lowest BCUT2D eigenvalue weighted by molar-refractivity contribution is -0.146. The number of hydrogen-bond donors (Lipinski definition) is 2. The maximum atomic E-state index is 12.3. The molecular formula is C14H17BrN2O3. The van der Waals surface area contributed by atoms with Gasteiger partial charge in [-0.05, 0) is 59.7 Å². The number of carboxylic acid groups (broad SMARTS) is 1. The van der Waals surface area contributed by atoms with Gasteiger partial charge in [0.25, 0.3) is 5.91 Å². The minimum atomic E-state index is -1.15. The summed E-state index contributed by atoms with van der Waals surface area (Å²) in [5.41, 5.74) is -0.800. The monoisotopic (exact) mass is 340 g/mol. The third-order valence-electron chi connectivity index (χ3n) is 3.89. The van der Waals surface area contributed by atoms with Crippen LogP contribution in [0, 0.1) is 5.92 Å². The van der Waals surface area contributed by atoms with E-state index in [9.17, 15) is 14.7 Å². The molecule has 108 valence electrons. The quantitative estimate of drug-likeness (QED) is 0.829. The predicted octanol–water partition coefficient (Wildman–Crippen LogP) is 2.61. The number of aliphatic carboxylic acids is 1. The van der Waals surface area contributed by atoms with Crippen LogP contribution in [0.1, 0.15) is 43.0 Å². The molecule has 0 aromatic carbocycles. The van der Waals surface area contributed by atoms with Gasteiger partial charge in [-0.1, -0.05) is 6.92 Å². The molecule has 1 aliphatic carbocycles. The highest BCUT2D eigenvalue weighted by Crippen LogP contribution is 2.32. The summed E-state index contributed by atoms with van der Waals surface area (Å²) in [7, 11) is 0. The first kappa shape index (κ1) is 15.0. The van der Waals surface area contributed by atoms with E-state index in [0.717, 1.165) is 12.8 Å². The summed E-state index contributed by atoms with van der Waals surface area (Å²) in [5.74, 6) is -0.857. The molecule has 20 heavy (non-hydrogen) atoms. The van der Waals surface area contributed by atoms with Crippen molar-refractivity contribution in [2.24, 2.45) is 5.92 Å². The first-order valence-corrected chi connectivity index (χ1v) is 7.40. The Bertz CT molecular complexity index is 525. The number of halogens is 1. The van der Waals surface area contributed by atoms with E-state index in [1.54, 1.807) is 18.3 Å². The van der Waals surface area contributed by atoms with Crippen LogP contribution >= 0.6 is 15.9 Å². The van der Waals surface area contributed by atoms with Gasteiger partial charge in [-0.25, -0.2) is 9.78 Å². The van der Waals surface area contributed by atoms with Crippen LogP contribution in [0.5, 0.6) is 0 Å². The second-order valence-electron chi connectivity index (χ2n) is 5.37. The molecule has 6 heteroatoms. The van der Waals surface area contributed by atoms with Crippen LogP contribution in [0.3, 0.4) is 0 Å². The van der Waals surface area contributed by atoms with E-state index in [1.165, 1.54) is 0 Å². The SMILES string of the molecule is CC1CCC(NC(=O)c2cccnc2Br)(C(=O)O)CC1. The zero-order chi connectivity index (χ0) is 14.8. The standard InChI is InChI=1S/C14H17BrN2O3/c1-9-4-6-14(7-5-9,13(19)20)17-12(18)10-3-2-8-16-11(10)15/h2-3,8-9H,4-7H2,1H3,(H,17,18)(H,19,20). The van der Waals surface area contributed by atoms with Crippen LogP contribution in [0.2, 0.25) is 0 Å². The van der Waals surface area contributed by atoms with E-state index in [0.29, 0.717) is 28.9 Å². The molecule has 1 heterocycles. The Kier molecular flexibility index (Phi) is 4.42. The van der Waals surface area contributed by atoms with E-state index in [-0.39, 0.29) is 0 Å². The summed E-state index contributed by atoms with van der Waals surface area (Å²) in [6.07, 6.45) is 4.11. The molecule has 0 bridgehead atoms. The number of carbonyl (C=O) groups is 2. The van der Waals surface area contributed by atoms with Crippen molar-refractivity contribution in [3.63, 3.8) is 0 Å². The number of carboxylic acids is 1. The number of nitrogens with one attached hydrogen (secondary N) is 1. The third-order valence-corrected chi connectivity index (χ3v) is 4.53. The number of carbonyl (C=O) groups excluding carboxylic acids is 1. The Hall–Kier alpha value is -1.43. The Morgan fingerprint density at radius 3 is 2.65 bits per heavy atom. The number of hydrogen-bond acceptors (Lipinski definition) is 3. The first-order valence-electron chi connectivity index (χ1n) is 6.61. The molecule has 0 unspecified atom stereocenters. The van der Waals surface area contributed by atoms with Gasteiger partial charge in [-0.3, -0.25) is 4.79 Å². The van der Waals surface area contributed by atoms with Gasteiger partial charge in [0, 0.05) is 6.20 Å². The summed E-state index contributed by atoms with van der Waals surface area (Å²) in [6.45, 7) is 2.10. The summed E-state index contributed by atoms with van der Waals surface area (Å²) in [6, 6.07) is 3.27. The van der Waals surface area contributed by atoms with Crippen molar-refractivity contribution in [2.45, 2.75) is 38.1 Å². The van der Waals surface area contributed by atoms with E-state index in [1.807, 2.05) is 0 Å². The lowest BCUT2D eigenvalue weighted by Gasteiger charge is -2.36. The lowest BCUT2D eigenvalue weighted by Crippen LogP contribution is -2.56. The van der Waals surface area contributed by atoms with Crippen LogP contribution in [0.25, 0.3) is 0 Å². The molecule has 1 aromatic rings. The second kappa shape index (κ2) is 5.91. The molecule has 2 N–H and O–H groups in total. The Morgan fingerprint density at radius 1 is 1.45 bits per heavy atom. The summed E-state index contributed by atoms with van der Waals surface area (Å²) in [5, 5.41) is 12.2. The Morgan fingerprint density at radius 2 is 2.10 bits per heavy atom. The fraction of sp³-hybridized carbons (Fsp3) is 0.500. The molecule has 0 atom stereocenters. The predicted molar refractivity (Wildman–Crippen MR) is 77.4 cm³/mol. The van der Waals surface area contributed by atoms with Gasteiger partial charge in [0.2, 0.25) is 0 Å².